The lowest BCUT2D eigenvalue weighted by Gasteiger charge is -2.06. The molecule has 0 aromatic heterocycles. The molecule has 2 aliphatic heterocycles. The van der Waals surface area contributed by atoms with Gasteiger partial charge in [-0.15, -0.1) is 0 Å². The van der Waals surface area contributed by atoms with E-state index in [-0.39, 0.29) is 0 Å². The molecule has 2 heterocycles. The van der Waals surface area contributed by atoms with Gasteiger partial charge in [-0.25, -0.2) is 0 Å². The summed E-state index contributed by atoms with van der Waals surface area (Å²) in [6.07, 6.45) is 0. The van der Waals surface area contributed by atoms with Crippen molar-refractivity contribution in [3.8, 4) is 0 Å². The number of anilines is 1. The highest BCUT2D eigenvalue weighted by Gasteiger charge is 2.34. The molecule has 0 saturated heterocycles. The van der Waals surface area contributed by atoms with Gasteiger partial charge < -0.3 is 5.32 Å². The number of hydrogen-bond donors (Lipinski definition) is 1. The monoisotopic (exact) mass is 280 g/mol. The van der Waals surface area contributed by atoms with E-state index in [0.717, 1.165) is 28.7 Å². The van der Waals surface area contributed by atoms with Crippen molar-refractivity contribution < 1.29 is 9.59 Å². The van der Waals surface area contributed by atoms with Crippen LogP contribution in [0.25, 0.3) is 0 Å². The molecule has 0 atom stereocenters. The van der Waals surface area contributed by atoms with Gasteiger partial charge in [0.15, 0.2) is 0 Å². The maximum absolute atomic E-state index is 11.6. The third-order valence-corrected chi connectivity index (χ3v) is 3.75. The first-order valence-electron chi connectivity index (χ1n) is 4.96. The fourth-order valence-electron chi connectivity index (χ4n) is 2.30. The van der Waals surface area contributed by atoms with Gasteiger partial charge in [-0.2, -0.15) is 0 Å². The number of hydrogen-bond acceptors (Lipinski definition) is 3. The molecule has 0 aliphatic carbocycles. The molecular formula is C11H9BrN2O2. The van der Waals surface area contributed by atoms with Crippen LogP contribution in [-0.2, 0) is 17.9 Å². The molecule has 16 heavy (non-hydrogen) atoms. The van der Waals surface area contributed by atoms with Crippen molar-refractivity contribution in [3.63, 3.8) is 0 Å². The van der Waals surface area contributed by atoms with Crippen LogP contribution in [0.1, 0.15) is 21.5 Å². The van der Waals surface area contributed by atoms with Gasteiger partial charge in [-0.3, -0.25) is 14.5 Å². The number of halogens is 1. The predicted octanol–water partition coefficient (Wildman–Crippen LogP) is 1.53. The molecule has 82 valence electrons. The van der Waals surface area contributed by atoms with Gasteiger partial charge >= 0.3 is 0 Å². The van der Waals surface area contributed by atoms with E-state index in [4.69, 9.17) is 0 Å². The van der Waals surface area contributed by atoms with Crippen LogP contribution in [0.3, 0.4) is 0 Å². The molecule has 4 nitrogen and oxygen atoms in total. The molecule has 2 aliphatic rings. The second-order valence-corrected chi connectivity index (χ2v) is 5.05. The van der Waals surface area contributed by atoms with Crippen molar-refractivity contribution in [1.82, 2.24) is 4.90 Å². The Morgan fingerprint density at radius 2 is 2.00 bits per heavy atom. The van der Waals surface area contributed by atoms with E-state index < -0.39 is 11.7 Å². The Morgan fingerprint density at radius 3 is 2.75 bits per heavy atom. The zero-order valence-electron chi connectivity index (χ0n) is 8.63. The fraction of sp³-hybridized carbons (Fsp3) is 0.273. The largest absolute Gasteiger partial charge is 0.318 e. The summed E-state index contributed by atoms with van der Waals surface area (Å²) < 4.78 is 0.912. The SMILES string of the molecule is CN1Cc2c(Br)cc3c(c2C1)NC(=O)C3=O. The van der Waals surface area contributed by atoms with E-state index in [2.05, 4.69) is 26.1 Å². The standard InChI is InChI=1S/C11H9BrN2O2/c1-14-3-6-7(4-14)9-5(2-8(6)12)10(15)11(16)13-9/h2H,3-4H2,1H3,(H,13,15,16). The Bertz CT molecular complexity index is 539. The molecule has 5 heteroatoms. The average molecular weight is 281 g/mol. The van der Waals surface area contributed by atoms with Crippen LogP contribution >= 0.6 is 15.9 Å². The number of carbonyl (C=O) groups is 2. The Morgan fingerprint density at radius 1 is 1.31 bits per heavy atom. The van der Waals surface area contributed by atoms with E-state index >= 15 is 0 Å². The van der Waals surface area contributed by atoms with E-state index in [1.807, 2.05) is 7.05 Å². The summed E-state index contributed by atoms with van der Waals surface area (Å²) in [5.41, 5.74) is 3.42. The van der Waals surface area contributed by atoms with Crippen LogP contribution in [0.5, 0.6) is 0 Å². The summed E-state index contributed by atoms with van der Waals surface area (Å²) in [7, 11) is 2.01. The number of Topliss-reactive ketones (excluding diaryl/α,β-unsaturated/α-hetero) is 1. The molecule has 3 rings (SSSR count). The van der Waals surface area contributed by atoms with Crippen LogP contribution in [0.2, 0.25) is 0 Å². The molecular weight excluding hydrogens is 272 g/mol. The summed E-state index contributed by atoms with van der Waals surface area (Å²) in [6.45, 7) is 1.61. The van der Waals surface area contributed by atoms with Crippen LogP contribution in [-0.4, -0.2) is 23.6 Å². The van der Waals surface area contributed by atoms with Gasteiger partial charge in [0.05, 0.1) is 11.3 Å². The third-order valence-electron chi connectivity index (χ3n) is 3.04. The molecule has 1 amide bonds. The number of ketones is 1. The molecule has 1 aromatic carbocycles. The van der Waals surface area contributed by atoms with Crippen molar-refractivity contribution >= 4 is 33.3 Å². The van der Waals surface area contributed by atoms with E-state index in [1.165, 1.54) is 0 Å². The summed E-state index contributed by atoms with van der Waals surface area (Å²) >= 11 is 3.46. The summed E-state index contributed by atoms with van der Waals surface area (Å²) in [6, 6.07) is 1.74. The van der Waals surface area contributed by atoms with Crippen molar-refractivity contribution in [3.05, 3.63) is 27.2 Å². The first-order chi connectivity index (χ1) is 7.58. The maximum Gasteiger partial charge on any atom is 0.296 e. The zero-order valence-corrected chi connectivity index (χ0v) is 10.2. The van der Waals surface area contributed by atoms with Crippen LogP contribution in [0.15, 0.2) is 10.5 Å². The number of rotatable bonds is 0. The summed E-state index contributed by atoms with van der Waals surface area (Å²) in [4.78, 5) is 25.1. The Hall–Kier alpha value is -1.20. The molecule has 1 N–H and O–H groups in total. The lowest BCUT2D eigenvalue weighted by Crippen LogP contribution is -2.13. The van der Waals surface area contributed by atoms with Gasteiger partial charge in [0, 0.05) is 17.6 Å². The van der Waals surface area contributed by atoms with E-state index in [0.29, 0.717) is 11.3 Å². The lowest BCUT2D eigenvalue weighted by atomic mass is 10.0. The van der Waals surface area contributed by atoms with Gasteiger partial charge in [-0.05, 0) is 24.2 Å². The minimum Gasteiger partial charge on any atom is -0.318 e. The Labute approximate surface area is 101 Å². The van der Waals surface area contributed by atoms with Crippen molar-refractivity contribution in [1.29, 1.82) is 0 Å². The number of amides is 1. The summed E-state index contributed by atoms with van der Waals surface area (Å²) in [5, 5.41) is 2.66. The highest BCUT2D eigenvalue weighted by Crippen LogP contribution is 2.39. The van der Waals surface area contributed by atoms with Gasteiger partial charge in [0.2, 0.25) is 0 Å². The van der Waals surface area contributed by atoms with Crippen LogP contribution in [0, 0.1) is 0 Å². The second kappa shape index (κ2) is 3.15. The number of fused-ring (bicyclic) bond motifs is 3. The molecule has 0 bridgehead atoms. The smallest absolute Gasteiger partial charge is 0.296 e. The molecule has 0 radical (unpaired) electrons. The van der Waals surface area contributed by atoms with Gasteiger partial charge in [0.25, 0.3) is 11.7 Å². The number of benzene rings is 1. The Kier molecular flexibility index (Phi) is 1.96. The average Bonchev–Trinajstić information content (AvgIpc) is 2.73. The molecule has 0 saturated carbocycles. The predicted molar refractivity (Wildman–Crippen MR) is 62.3 cm³/mol. The number of nitrogens with zero attached hydrogens (tertiary/aromatic N) is 1. The van der Waals surface area contributed by atoms with Gasteiger partial charge in [-0.1, -0.05) is 15.9 Å². The van der Waals surface area contributed by atoms with Crippen LogP contribution in [0.4, 0.5) is 5.69 Å². The van der Waals surface area contributed by atoms with E-state index in [1.54, 1.807) is 6.07 Å². The highest BCUT2D eigenvalue weighted by molar-refractivity contribution is 9.10. The molecule has 0 spiro atoms. The molecule has 1 aromatic rings. The van der Waals surface area contributed by atoms with Crippen molar-refractivity contribution in [2.24, 2.45) is 0 Å². The van der Waals surface area contributed by atoms with Crippen LogP contribution < -0.4 is 5.32 Å². The molecule has 0 fully saturated rings. The third kappa shape index (κ3) is 1.18. The first kappa shape index (κ1) is 9.99. The second-order valence-electron chi connectivity index (χ2n) is 4.19. The van der Waals surface area contributed by atoms with Gasteiger partial charge in [0.1, 0.15) is 0 Å². The first-order valence-corrected chi connectivity index (χ1v) is 5.75. The number of carbonyl (C=O) groups excluding carboxylic acids is 2. The fourth-order valence-corrected chi connectivity index (χ4v) is 2.89. The van der Waals surface area contributed by atoms with E-state index in [9.17, 15) is 9.59 Å². The Balaban J connectivity index is 2.27. The minimum atomic E-state index is -0.523. The lowest BCUT2D eigenvalue weighted by molar-refractivity contribution is -0.112. The summed E-state index contributed by atoms with van der Waals surface area (Å²) in [5.74, 6) is -0.960. The zero-order chi connectivity index (χ0) is 11.4. The minimum absolute atomic E-state index is 0.437. The maximum atomic E-state index is 11.6. The highest BCUT2D eigenvalue weighted by atomic mass is 79.9. The number of nitrogens with one attached hydrogen (secondary N) is 1. The topological polar surface area (TPSA) is 49.4 Å². The molecule has 0 unspecified atom stereocenters. The normalized spacial score (nSPS) is 18.6. The quantitative estimate of drug-likeness (QED) is 0.734. The van der Waals surface area contributed by atoms with Crippen molar-refractivity contribution in [2.75, 3.05) is 12.4 Å². The van der Waals surface area contributed by atoms with Crippen molar-refractivity contribution in [2.45, 2.75) is 13.1 Å².